The molecule has 2 rings (SSSR count). The van der Waals surface area contributed by atoms with Gasteiger partial charge in [0.1, 0.15) is 0 Å². The smallest absolute Gasteiger partial charge is 0.228 e. The Kier molecular flexibility index (Phi) is 4.69. The zero-order valence-corrected chi connectivity index (χ0v) is 13.3. The van der Waals surface area contributed by atoms with Crippen LogP contribution in [0.4, 0.5) is 5.69 Å². The van der Waals surface area contributed by atoms with Gasteiger partial charge in [0.05, 0.1) is 5.92 Å². The molecule has 1 aliphatic rings. The highest BCUT2D eigenvalue weighted by Gasteiger charge is 2.29. The molecule has 1 amide bonds. The first-order chi connectivity index (χ1) is 10.3. The Balaban J connectivity index is 2.08. The van der Waals surface area contributed by atoms with Crippen LogP contribution < -0.4 is 10.4 Å². The van der Waals surface area contributed by atoms with E-state index in [2.05, 4.69) is 26.1 Å². The Labute approximate surface area is 131 Å². The minimum atomic E-state index is -1.16. The lowest BCUT2D eigenvalue weighted by Crippen LogP contribution is -2.41. The van der Waals surface area contributed by atoms with Crippen LogP contribution in [-0.4, -0.2) is 11.9 Å². The summed E-state index contributed by atoms with van der Waals surface area (Å²) < 4.78 is 0. The number of carbonyl (C=O) groups is 2. The van der Waals surface area contributed by atoms with Crippen LogP contribution in [-0.2, 0) is 15.0 Å². The molecule has 0 spiro atoms. The van der Waals surface area contributed by atoms with Crippen molar-refractivity contribution in [2.24, 2.45) is 11.8 Å². The van der Waals surface area contributed by atoms with Crippen LogP contribution in [0.25, 0.3) is 0 Å². The maximum Gasteiger partial charge on any atom is 0.228 e. The third-order valence-electron chi connectivity index (χ3n) is 4.09. The minimum Gasteiger partial charge on any atom is -0.550 e. The molecule has 0 heterocycles. The third kappa shape index (κ3) is 3.75. The van der Waals surface area contributed by atoms with Gasteiger partial charge in [-0.2, -0.15) is 0 Å². The number of allylic oxidation sites excluding steroid dienone is 2. The van der Waals surface area contributed by atoms with Gasteiger partial charge in [-0.1, -0.05) is 45.1 Å². The van der Waals surface area contributed by atoms with Crippen molar-refractivity contribution < 1.29 is 14.7 Å². The number of rotatable bonds is 3. The van der Waals surface area contributed by atoms with E-state index in [4.69, 9.17) is 0 Å². The van der Waals surface area contributed by atoms with Gasteiger partial charge < -0.3 is 15.2 Å². The van der Waals surface area contributed by atoms with Crippen molar-refractivity contribution in [2.45, 2.75) is 39.0 Å². The van der Waals surface area contributed by atoms with Gasteiger partial charge in [-0.05, 0) is 36.0 Å². The SMILES string of the molecule is CC(C)(C)c1ccc(NC(=O)[C@H]2CC=CC[C@@H]2C(=O)[O-])cc1. The maximum atomic E-state index is 12.3. The van der Waals surface area contributed by atoms with Crippen LogP contribution in [0, 0.1) is 11.8 Å². The molecule has 118 valence electrons. The van der Waals surface area contributed by atoms with Crippen molar-refractivity contribution in [1.29, 1.82) is 0 Å². The highest BCUT2D eigenvalue weighted by molar-refractivity contribution is 5.95. The Morgan fingerprint density at radius 1 is 1.05 bits per heavy atom. The Morgan fingerprint density at radius 3 is 2.09 bits per heavy atom. The minimum absolute atomic E-state index is 0.0524. The van der Waals surface area contributed by atoms with E-state index in [0.29, 0.717) is 18.5 Å². The quantitative estimate of drug-likeness (QED) is 0.870. The predicted molar refractivity (Wildman–Crippen MR) is 84.1 cm³/mol. The third-order valence-corrected chi connectivity index (χ3v) is 4.09. The molecular weight excluding hydrogens is 278 g/mol. The summed E-state index contributed by atoms with van der Waals surface area (Å²) in [6, 6.07) is 7.66. The molecule has 1 N–H and O–H groups in total. The fraction of sp³-hybridized carbons (Fsp3) is 0.444. The molecule has 1 aromatic carbocycles. The largest absolute Gasteiger partial charge is 0.550 e. The summed E-state index contributed by atoms with van der Waals surface area (Å²) >= 11 is 0. The normalized spacial score (nSPS) is 21.4. The number of carboxylic acid groups (broad SMARTS) is 1. The van der Waals surface area contributed by atoms with Gasteiger partial charge in [0.2, 0.25) is 5.91 Å². The average molecular weight is 300 g/mol. The summed E-state index contributed by atoms with van der Waals surface area (Å²) in [5, 5.41) is 14.0. The van der Waals surface area contributed by atoms with Crippen molar-refractivity contribution in [1.82, 2.24) is 0 Å². The second-order valence-corrected chi connectivity index (χ2v) is 6.79. The molecule has 4 nitrogen and oxygen atoms in total. The van der Waals surface area contributed by atoms with E-state index in [9.17, 15) is 14.7 Å². The zero-order valence-electron chi connectivity index (χ0n) is 13.3. The summed E-state index contributed by atoms with van der Waals surface area (Å²) in [5.74, 6) is -2.74. The summed E-state index contributed by atoms with van der Waals surface area (Å²) in [4.78, 5) is 23.5. The van der Waals surface area contributed by atoms with E-state index in [1.165, 1.54) is 5.56 Å². The second kappa shape index (κ2) is 6.34. The van der Waals surface area contributed by atoms with Crippen LogP contribution in [0.5, 0.6) is 0 Å². The Morgan fingerprint density at radius 2 is 1.59 bits per heavy atom. The molecule has 2 atom stereocenters. The van der Waals surface area contributed by atoms with Crippen molar-refractivity contribution in [3.8, 4) is 0 Å². The molecule has 0 aliphatic heterocycles. The molecule has 1 aliphatic carbocycles. The number of hydrogen-bond acceptors (Lipinski definition) is 3. The number of hydrogen-bond donors (Lipinski definition) is 1. The number of nitrogens with one attached hydrogen (secondary N) is 1. The monoisotopic (exact) mass is 300 g/mol. The van der Waals surface area contributed by atoms with Crippen LogP contribution in [0.15, 0.2) is 36.4 Å². The molecular formula is C18H22NO3-. The topological polar surface area (TPSA) is 69.2 Å². The van der Waals surface area contributed by atoms with Gasteiger partial charge >= 0.3 is 0 Å². The van der Waals surface area contributed by atoms with E-state index in [1.54, 1.807) is 6.08 Å². The molecule has 22 heavy (non-hydrogen) atoms. The number of anilines is 1. The summed E-state index contributed by atoms with van der Waals surface area (Å²) in [7, 11) is 0. The predicted octanol–water partition coefficient (Wildman–Crippen LogP) is 2.25. The highest BCUT2D eigenvalue weighted by Crippen LogP contribution is 2.27. The van der Waals surface area contributed by atoms with Crippen LogP contribution >= 0.6 is 0 Å². The Hall–Kier alpha value is -2.10. The number of aliphatic carboxylic acids is 1. The maximum absolute atomic E-state index is 12.3. The first-order valence-electron chi connectivity index (χ1n) is 7.56. The van der Waals surface area contributed by atoms with Crippen LogP contribution in [0.3, 0.4) is 0 Å². The van der Waals surface area contributed by atoms with Crippen molar-refractivity contribution in [2.75, 3.05) is 5.32 Å². The number of benzene rings is 1. The van der Waals surface area contributed by atoms with E-state index in [0.717, 1.165) is 0 Å². The van der Waals surface area contributed by atoms with E-state index in [-0.39, 0.29) is 11.3 Å². The van der Waals surface area contributed by atoms with Gasteiger partial charge in [0.15, 0.2) is 0 Å². The fourth-order valence-electron chi connectivity index (χ4n) is 2.65. The lowest BCUT2D eigenvalue weighted by atomic mass is 9.82. The molecule has 0 radical (unpaired) electrons. The number of carbonyl (C=O) groups excluding carboxylic acids is 2. The lowest BCUT2D eigenvalue weighted by Gasteiger charge is -2.28. The van der Waals surface area contributed by atoms with Gasteiger partial charge in [-0.25, -0.2) is 0 Å². The summed E-state index contributed by atoms with van der Waals surface area (Å²) in [6.45, 7) is 6.37. The van der Waals surface area contributed by atoms with Gasteiger partial charge in [0, 0.05) is 17.6 Å². The van der Waals surface area contributed by atoms with Crippen molar-refractivity contribution in [3.05, 3.63) is 42.0 Å². The van der Waals surface area contributed by atoms with Gasteiger partial charge in [-0.15, -0.1) is 0 Å². The first kappa shape index (κ1) is 16.3. The van der Waals surface area contributed by atoms with E-state index < -0.39 is 17.8 Å². The lowest BCUT2D eigenvalue weighted by molar-refractivity contribution is -0.313. The number of carboxylic acids is 1. The van der Waals surface area contributed by atoms with Crippen molar-refractivity contribution in [3.63, 3.8) is 0 Å². The summed E-state index contributed by atoms with van der Waals surface area (Å²) in [5.41, 5.74) is 1.92. The molecule has 4 heteroatoms. The molecule has 0 saturated carbocycles. The molecule has 0 aromatic heterocycles. The molecule has 0 saturated heterocycles. The molecule has 1 aromatic rings. The number of amides is 1. The van der Waals surface area contributed by atoms with E-state index >= 15 is 0 Å². The Bertz CT molecular complexity index is 581. The fourth-order valence-corrected chi connectivity index (χ4v) is 2.65. The van der Waals surface area contributed by atoms with Crippen molar-refractivity contribution >= 4 is 17.6 Å². The average Bonchev–Trinajstić information content (AvgIpc) is 2.46. The first-order valence-corrected chi connectivity index (χ1v) is 7.56. The van der Waals surface area contributed by atoms with E-state index in [1.807, 2.05) is 30.3 Å². The second-order valence-electron chi connectivity index (χ2n) is 6.79. The molecule has 0 bridgehead atoms. The standard InChI is InChI=1S/C18H23NO3/c1-18(2,3)12-8-10-13(11-9-12)19-16(20)14-6-4-5-7-15(14)17(21)22/h4-5,8-11,14-15H,6-7H2,1-3H3,(H,19,20)(H,21,22)/p-1/t14-,15-/m0/s1. The highest BCUT2D eigenvalue weighted by atomic mass is 16.4. The van der Waals surface area contributed by atoms with Gasteiger partial charge in [-0.3, -0.25) is 4.79 Å². The van der Waals surface area contributed by atoms with Crippen LogP contribution in [0.1, 0.15) is 39.2 Å². The summed E-state index contributed by atoms with van der Waals surface area (Å²) in [6.07, 6.45) is 4.43. The van der Waals surface area contributed by atoms with Gasteiger partial charge in [0.25, 0.3) is 0 Å². The van der Waals surface area contributed by atoms with Crippen LogP contribution in [0.2, 0.25) is 0 Å². The molecule has 0 unspecified atom stereocenters. The zero-order chi connectivity index (χ0) is 16.3. The molecule has 0 fully saturated rings.